The molecule has 2 aromatic rings. The van der Waals surface area contributed by atoms with E-state index in [2.05, 4.69) is 15.3 Å². The van der Waals surface area contributed by atoms with Crippen LogP contribution < -0.4 is 5.32 Å². The van der Waals surface area contributed by atoms with Gasteiger partial charge in [0.1, 0.15) is 11.6 Å². The number of nitrogens with one attached hydrogen (secondary N) is 1. The van der Waals surface area contributed by atoms with Gasteiger partial charge in [-0.05, 0) is 31.0 Å². The van der Waals surface area contributed by atoms with E-state index < -0.39 is 17.5 Å². The molecule has 0 aliphatic heterocycles. The molecule has 0 radical (unpaired) electrons. The van der Waals surface area contributed by atoms with E-state index in [0.717, 1.165) is 5.56 Å². The third-order valence-corrected chi connectivity index (χ3v) is 2.80. The number of rotatable bonds is 4. The van der Waals surface area contributed by atoms with Gasteiger partial charge in [0.2, 0.25) is 5.75 Å². The molecular weight excluding hydrogens is 277 g/mol. The number of aromatic hydroxyl groups is 2. The average Bonchev–Trinajstić information content (AvgIpc) is 2.44. The van der Waals surface area contributed by atoms with Gasteiger partial charge >= 0.3 is 0 Å². The van der Waals surface area contributed by atoms with Crippen LogP contribution in [0, 0.1) is 12.7 Å². The second-order valence-electron chi connectivity index (χ2n) is 4.42. The van der Waals surface area contributed by atoms with Gasteiger partial charge in [0.05, 0.1) is 0 Å². The SMILES string of the molecule is Cc1nc(O)c(O)c(C(=O)NCCc2ccc(F)cc2)n1. The Morgan fingerprint density at radius 3 is 2.57 bits per heavy atom. The van der Waals surface area contributed by atoms with Crippen LogP contribution in [0.3, 0.4) is 0 Å². The number of nitrogens with zero attached hydrogens (tertiary/aromatic N) is 2. The van der Waals surface area contributed by atoms with Crippen molar-refractivity contribution >= 4 is 5.91 Å². The standard InChI is InChI=1S/C14H14FN3O3/c1-8-17-11(12(19)14(21)18-8)13(20)16-7-6-9-2-4-10(15)5-3-9/h2-5,19H,6-7H2,1H3,(H,16,20)(H,17,18,21). The van der Waals surface area contributed by atoms with Gasteiger partial charge in [-0.15, -0.1) is 0 Å². The molecule has 2 rings (SSSR count). The van der Waals surface area contributed by atoms with Crippen molar-refractivity contribution < 1.29 is 19.4 Å². The highest BCUT2D eigenvalue weighted by atomic mass is 19.1. The molecule has 1 aromatic carbocycles. The molecule has 6 nitrogen and oxygen atoms in total. The Bertz CT molecular complexity index is 659. The second-order valence-corrected chi connectivity index (χ2v) is 4.42. The minimum atomic E-state index is -0.653. The predicted octanol–water partition coefficient (Wildman–Crippen LogP) is 1.31. The number of aromatic nitrogens is 2. The molecule has 1 heterocycles. The van der Waals surface area contributed by atoms with E-state index in [1.54, 1.807) is 12.1 Å². The van der Waals surface area contributed by atoms with E-state index in [9.17, 15) is 19.4 Å². The van der Waals surface area contributed by atoms with Crippen LogP contribution in [0.4, 0.5) is 4.39 Å². The fraction of sp³-hybridized carbons (Fsp3) is 0.214. The van der Waals surface area contributed by atoms with Crippen LogP contribution in [-0.4, -0.2) is 32.6 Å². The number of hydrogen-bond donors (Lipinski definition) is 3. The summed E-state index contributed by atoms with van der Waals surface area (Å²) >= 11 is 0. The molecule has 0 bridgehead atoms. The van der Waals surface area contributed by atoms with Crippen molar-refractivity contribution in [3.63, 3.8) is 0 Å². The third kappa shape index (κ3) is 3.65. The predicted molar refractivity (Wildman–Crippen MR) is 72.5 cm³/mol. The first-order chi connectivity index (χ1) is 9.97. The second kappa shape index (κ2) is 6.17. The van der Waals surface area contributed by atoms with Crippen molar-refractivity contribution in [1.82, 2.24) is 15.3 Å². The monoisotopic (exact) mass is 291 g/mol. The highest BCUT2D eigenvalue weighted by Crippen LogP contribution is 2.24. The lowest BCUT2D eigenvalue weighted by atomic mass is 10.1. The molecule has 110 valence electrons. The van der Waals surface area contributed by atoms with Gasteiger partial charge < -0.3 is 15.5 Å². The van der Waals surface area contributed by atoms with Gasteiger partial charge in [0.25, 0.3) is 11.8 Å². The van der Waals surface area contributed by atoms with Crippen molar-refractivity contribution in [2.75, 3.05) is 6.54 Å². The molecule has 0 aliphatic rings. The summed E-state index contributed by atoms with van der Waals surface area (Å²) in [4.78, 5) is 19.2. The summed E-state index contributed by atoms with van der Waals surface area (Å²) in [6, 6.07) is 5.93. The molecule has 0 atom stereocenters. The summed E-state index contributed by atoms with van der Waals surface area (Å²) in [6.45, 7) is 1.78. The zero-order valence-electron chi connectivity index (χ0n) is 11.3. The van der Waals surface area contributed by atoms with E-state index in [1.165, 1.54) is 19.1 Å². The molecule has 0 spiro atoms. The summed E-state index contributed by atoms with van der Waals surface area (Å²) in [5, 5.41) is 21.5. The van der Waals surface area contributed by atoms with Crippen molar-refractivity contribution in [2.45, 2.75) is 13.3 Å². The van der Waals surface area contributed by atoms with Crippen molar-refractivity contribution in [2.24, 2.45) is 0 Å². The van der Waals surface area contributed by atoms with Crippen molar-refractivity contribution in [3.05, 3.63) is 47.2 Å². The Kier molecular flexibility index (Phi) is 4.32. The maximum Gasteiger partial charge on any atom is 0.274 e. The Morgan fingerprint density at radius 2 is 1.90 bits per heavy atom. The molecule has 0 unspecified atom stereocenters. The van der Waals surface area contributed by atoms with Crippen LogP contribution in [0.1, 0.15) is 21.9 Å². The van der Waals surface area contributed by atoms with Crippen LogP contribution in [0.2, 0.25) is 0 Å². The lowest BCUT2D eigenvalue weighted by Gasteiger charge is -2.07. The molecule has 7 heteroatoms. The van der Waals surface area contributed by atoms with Gasteiger partial charge in [0, 0.05) is 6.54 Å². The number of aryl methyl sites for hydroxylation is 1. The molecule has 3 N–H and O–H groups in total. The van der Waals surface area contributed by atoms with E-state index in [0.29, 0.717) is 6.42 Å². The summed E-state index contributed by atoms with van der Waals surface area (Å²) in [5.74, 6) is -2.05. The number of carbonyl (C=O) groups excluding carboxylic acids is 1. The molecule has 0 aliphatic carbocycles. The number of hydrogen-bond acceptors (Lipinski definition) is 5. The van der Waals surface area contributed by atoms with Crippen molar-refractivity contribution in [3.8, 4) is 11.6 Å². The number of amides is 1. The number of carbonyl (C=O) groups is 1. The summed E-state index contributed by atoms with van der Waals surface area (Å²) in [7, 11) is 0. The summed E-state index contributed by atoms with van der Waals surface area (Å²) in [6.07, 6.45) is 0.503. The highest BCUT2D eigenvalue weighted by Gasteiger charge is 2.17. The van der Waals surface area contributed by atoms with Crippen LogP contribution in [0.25, 0.3) is 0 Å². The first-order valence-corrected chi connectivity index (χ1v) is 6.26. The van der Waals surface area contributed by atoms with E-state index in [4.69, 9.17) is 0 Å². The summed E-state index contributed by atoms with van der Waals surface area (Å²) < 4.78 is 12.7. The van der Waals surface area contributed by atoms with Gasteiger partial charge in [-0.2, -0.15) is 4.98 Å². The average molecular weight is 291 g/mol. The maximum atomic E-state index is 12.7. The fourth-order valence-corrected chi connectivity index (χ4v) is 1.77. The van der Waals surface area contributed by atoms with E-state index >= 15 is 0 Å². The van der Waals surface area contributed by atoms with Gasteiger partial charge in [0.15, 0.2) is 5.69 Å². The first-order valence-electron chi connectivity index (χ1n) is 6.26. The van der Waals surface area contributed by atoms with Crippen LogP contribution in [-0.2, 0) is 6.42 Å². The Labute approximate surface area is 120 Å². The lowest BCUT2D eigenvalue weighted by Crippen LogP contribution is -2.27. The molecule has 0 fully saturated rings. The van der Waals surface area contributed by atoms with E-state index in [1.807, 2.05) is 0 Å². The zero-order valence-corrected chi connectivity index (χ0v) is 11.3. The largest absolute Gasteiger partial charge is 0.501 e. The normalized spacial score (nSPS) is 10.4. The molecule has 1 amide bonds. The van der Waals surface area contributed by atoms with Crippen molar-refractivity contribution in [1.29, 1.82) is 0 Å². The number of benzene rings is 1. The quantitative estimate of drug-likeness (QED) is 0.789. The molecule has 0 saturated carbocycles. The Balaban J connectivity index is 1.97. The molecule has 21 heavy (non-hydrogen) atoms. The van der Waals surface area contributed by atoms with Gasteiger partial charge in [-0.1, -0.05) is 12.1 Å². The van der Waals surface area contributed by atoms with Crippen LogP contribution >= 0.6 is 0 Å². The highest BCUT2D eigenvalue weighted by molar-refractivity contribution is 5.95. The maximum absolute atomic E-state index is 12.7. The Morgan fingerprint density at radius 1 is 1.24 bits per heavy atom. The lowest BCUT2D eigenvalue weighted by molar-refractivity contribution is 0.0944. The Hall–Kier alpha value is -2.70. The number of halogens is 1. The minimum Gasteiger partial charge on any atom is -0.501 e. The molecular formula is C14H14FN3O3. The first kappa shape index (κ1) is 14.7. The molecule has 1 aromatic heterocycles. The molecule has 0 saturated heterocycles. The zero-order chi connectivity index (χ0) is 15.4. The summed E-state index contributed by atoms with van der Waals surface area (Å²) in [5.41, 5.74) is 0.585. The van der Waals surface area contributed by atoms with Gasteiger partial charge in [-0.25, -0.2) is 9.37 Å². The topological polar surface area (TPSA) is 95.3 Å². The van der Waals surface area contributed by atoms with Crippen LogP contribution in [0.15, 0.2) is 24.3 Å². The van der Waals surface area contributed by atoms with E-state index in [-0.39, 0.29) is 23.9 Å². The fourth-order valence-electron chi connectivity index (χ4n) is 1.77. The van der Waals surface area contributed by atoms with Crippen LogP contribution in [0.5, 0.6) is 11.6 Å². The minimum absolute atomic E-state index is 0.175. The van der Waals surface area contributed by atoms with Gasteiger partial charge in [-0.3, -0.25) is 4.79 Å². The third-order valence-electron chi connectivity index (χ3n) is 2.80. The smallest absolute Gasteiger partial charge is 0.274 e.